The Hall–Kier alpha value is -0.660. The second kappa shape index (κ2) is 5.54. The van der Waals surface area contributed by atoms with Gasteiger partial charge in [0.2, 0.25) is 10.0 Å². The van der Waals surface area contributed by atoms with Gasteiger partial charge >= 0.3 is 5.97 Å². The van der Waals surface area contributed by atoms with Crippen LogP contribution in [-0.2, 0) is 19.6 Å². The molecule has 7 heteroatoms. The van der Waals surface area contributed by atoms with E-state index in [2.05, 4.69) is 4.72 Å². The maximum atomic E-state index is 12.1. The van der Waals surface area contributed by atoms with Gasteiger partial charge in [-0.2, -0.15) is 0 Å². The fourth-order valence-corrected chi connectivity index (χ4v) is 4.31. The number of ether oxygens (including phenoxy) is 1. The Morgan fingerprint density at radius 3 is 2.39 bits per heavy atom. The monoisotopic (exact) mass is 277 g/mol. The SMILES string of the molecule is O=C(O)C1CCC(NS(=O)(=O)C2CCOCC2)C1. The Morgan fingerprint density at radius 1 is 1.17 bits per heavy atom. The molecule has 2 atom stereocenters. The first-order valence-electron chi connectivity index (χ1n) is 6.31. The number of carboxylic acids is 1. The van der Waals surface area contributed by atoms with E-state index in [9.17, 15) is 13.2 Å². The molecule has 0 amide bonds. The third-order valence-electron chi connectivity index (χ3n) is 3.72. The van der Waals surface area contributed by atoms with E-state index in [0.29, 0.717) is 45.3 Å². The summed E-state index contributed by atoms with van der Waals surface area (Å²) in [6.07, 6.45) is 2.60. The molecule has 0 aromatic rings. The average Bonchev–Trinajstić information content (AvgIpc) is 2.78. The average molecular weight is 277 g/mol. The van der Waals surface area contributed by atoms with Gasteiger partial charge < -0.3 is 9.84 Å². The standard InChI is InChI=1S/C11H19NO5S/c13-11(14)8-1-2-9(7-8)12-18(15,16)10-3-5-17-6-4-10/h8-10,12H,1-7H2,(H,13,14). The lowest BCUT2D eigenvalue weighted by Gasteiger charge is -2.24. The van der Waals surface area contributed by atoms with E-state index >= 15 is 0 Å². The van der Waals surface area contributed by atoms with Gasteiger partial charge in [0.25, 0.3) is 0 Å². The van der Waals surface area contributed by atoms with E-state index < -0.39 is 27.2 Å². The summed E-state index contributed by atoms with van der Waals surface area (Å²) < 4.78 is 32.0. The fourth-order valence-electron chi connectivity index (χ4n) is 2.63. The van der Waals surface area contributed by atoms with Crippen molar-refractivity contribution >= 4 is 16.0 Å². The van der Waals surface area contributed by atoms with Crippen LogP contribution in [0.3, 0.4) is 0 Å². The molecular formula is C11H19NO5S. The highest BCUT2D eigenvalue weighted by atomic mass is 32.2. The van der Waals surface area contributed by atoms with Crippen LogP contribution in [0, 0.1) is 5.92 Å². The van der Waals surface area contributed by atoms with Gasteiger partial charge in [0.1, 0.15) is 0 Å². The van der Waals surface area contributed by atoms with Crippen LogP contribution in [-0.4, -0.2) is 44.0 Å². The van der Waals surface area contributed by atoms with Crippen molar-refractivity contribution in [3.05, 3.63) is 0 Å². The second-order valence-corrected chi connectivity index (χ2v) is 7.01. The number of rotatable bonds is 4. The normalized spacial score (nSPS) is 30.4. The molecule has 18 heavy (non-hydrogen) atoms. The predicted octanol–water partition coefficient (Wildman–Crippen LogP) is 0.338. The summed E-state index contributed by atoms with van der Waals surface area (Å²) in [6.45, 7) is 0.960. The molecule has 2 N–H and O–H groups in total. The van der Waals surface area contributed by atoms with Gasteiger partial charge in [0.05, 0.1) is 11.2 Å². The topological polar surface area (TPSA) is 92.7 Å². The molecule has 1 aliphatic carbocycles. The van der Waals surface area contributed by atoms with Crippen molar-refractivity contribution < 1.29 is 23.1 Å². The third-order valence-corrected chi connectivity index (χ3v) is 5.73. The summed E-state index contributed by atoms with van der Waals surface area (Å²) in [7, 11) is -3.34. The summed E-state index contributed by atoms with van der Waals surface area (Å²) in [6, 6.07) is -0.223. The molecule has 1 saturated heterocycles. The second-order valence-electron chi connectivity index (χ2n) is 5.02. The van der Waals surface area contributed by atoms with Gasteiger partial charge in [0.15, 0.2) is 0 Å². The molecule has 0 aromatic heterocycles. The highest BCUT2D eigenvalue weighted by molar-refractivity contribution is 7.90. The van der Waals surface area contributed by atoms with Crippen LogP contribution in [0.5, 0.6) is 0 Å². The maximum absolute atomic E-state index is 12.1. The Labute approximate surface area is 107 Å². The molecule has 0 spiro atoms. The molecule has 2 fully saturated rings. The Bertz CT molecular complexity index is 402. The van der Waals surface area contributed by atoms with Gasteiger partial charge in [-0.1, -0.05) is 0 Å². The van der Waals surface area contributed by atoms with Gasteiger partial charge in [-0.05, 0) is 32.1 Å². The molecular weight excluding hydrogens is 258 g/mol. The maximum Gasteiger partial charge on any atom is 0.306 e. The molecule has 2 aliphatic rings. The van der Waals surface area contributed by atoms with Crippen LogP contribution < -0.4 is 4.72 Å². The molecule has 2 rings (SSSR count). The number of carboxylic acid groups (broad SMARTS) is 1. The van der Waals surface area contributed by atoms with Gasteiger partial charge in [-0.15, -0.1) is 0 Å². The lowest BCUT2D eigenvalue weighted by Crippen LogP contribution is -2.42. The van der Waals surface area contributed by atoms with E-state index in [-0.39, 0.29) is 6.04 Å². The van der Waals surface area contributed by atoms with Crippen LogP contribution in [0.25, 0.3) is 0 Å². The molecule has 1 saturated carbocycles. The molecule has 0 radical (unpaired) electrons. The van der Waals surface area contributed by atoms with Crippen LogP contribution in [0.1, 0.15) is 32.1 Å². The van der Waals surface area contributed by atoms with Gasteiger partial charge in [-0.3, -0.25) is 4.79 Å². The molecule has 1 aliphatic heterocycles. The molecule has 1 heterocycles. The highest BCUT2D eigenvalue weighted by Gasteiger charge is 2.35. The minimum Gasteiger partial charge on any atom is -0.481 e. The van der Waals surface area contributed by atoms with Gasteiger partial charge in [0, 0.05) is 19.3 Å². The number of aliphatic carboxylic acids is 1. The first-order chi connectivity index (χ1) is 8.49. The Kier molecular flexibility index (Phi) is 4.24. The van der Waals surface area contributed by atoms with Crippen molar-refractivity contribution in [2.24, 2.45) is 5.92 Å². The number of carbonyl (C=O) groups is 1. The number of hydrogen-bond acceptors (Lipinski definition) is 4. The quantitative estimate of drug-likeness (QED) is 0.773. The van der Waals surface area contributed by atoms with Gasteiger partial charge in [-0.25, -0.2) is 13.1 Å². The third kappa shape index (κ3) is 3.21. The van der Waals surface area contributed by atoms with Crippen molar-refractivity contribution in [2.75, 3.05) is 13.2 Å². The summed E-state index contributed by atoms with van der Waals surface area (Å²) >= 11 is 0. The highest BCUT2D eigenvalue weighted by Crippen LogP contribution is 2.27. The smallest absolute Gasteiger partial charge is 0.306 e. The molecule has 2 unspecified atom stereocenters. The first-order valence-corrected chi connectivity index (χ1v) is 7.85. The lowest BCUT2D eigenvalue weighted by molar-refractivity contribution is -0.141. The molecule has 0 aromatic carbocycles. The largest absolute Gasteiger partial charge is 0.481 e. The van der Waals surface area contributed by atoms with Crippen molar-refractivity contribution in [1.29, 1.82) is 0 Å². The van der Waals surface area contributed by atoms with Crippen molar-refractivity contribution in [1.82, 2.24) is 4.72 Å². The van der Waals surface area contributed by atoms with E-state index in [4.69, 9.17) is 9.84 Å². The van der Waals surface area contributed by atoms with Crippen LogP contribution in [0.15, 0.2) is 0 Å². The van der Waals surface area contributed by atoms with Crippen molar-refractivity contribution in [3.8, 4) is 0 Å². The number of nitrogens with one attached hydrogen (secondary N) is 1. The lowest BCUT2D eigenvalue weighted by atomic mass is 10.1. The van der Waals surface area contributed by atoms with Crippen molar-refractivity contribution in [3.63, 3.8) is 0 Å². The molecule has 6 nitrogen and oxygen atoms in total. The van der Waals surface area contributed by atoms with Crippen LogP contribution in [0.4, 0.5) is 0 Å². The predicted molar refractivity (Wildman–Crippen MR) is 64.7 cm³/mol. The number of sulfonamides is 1. The molecule has 0 bridgehead atoms. The minimum atomic E-state index is -3.34. The fraction of sp³-hybridized carbons (Fsp3) is 0.909. The summed E-state index contributed by atoms with van der Waals surface area (Å²) in [5, 5.41) is 8.49. The number of hydrogen-bond donors (Lipinski definition) is 2. The van der Waals surface area contributed by atoms with Crippen LogP contribution in [0.2, 0.25) is 0 Å². The van der Waals surface area contributed by atoms with E-state index in [1.165, 1.54) is 0 Å². The zero-order valence-corrected chi connectivity index (χ0v) is 11.0. The summed E-state index contributed by atoms with van der Waals surface area (Å²) in [4.78, 5) is 10.8. The minimum absolute atomic E-state index is 0.223. The van der Waals surface area contributed by atoms with E-state index in [1.807, 2.05) is 0 Å². The Morgan fingerprint density at radius 2 is 1.83 bits per heavy atom. The summed E-state index contributed by atoms with van der Waals surface area (Å²) in [5.41, 5.74) is 0. The van der Waals surface area contributed by atoms with Crippen LogP contribution >= 0.6 is 0 Å². The van der Waals surface area contributed by atoms with Crippen molar-refractivity contribution in [2.45, 2.75) is 43.4 Å². The zero-order valence-electron chi connectivity index (χ0n) is 10.2. The first kappa shape index (κ1) is 13.8. The summed E-state index contributed by atoms with van der Waals surface area (Å²) in [5.74, 6) is -1.24. The molecule has 104 valence electrons. The Balaban J connectivity index is 1.90. The zero-order chi connectivity index (χ0) is 13.2. The van der Waals surface area contributed by atoms with E-state index in [0.717, 1.165) is 0 Å². The van der Waals surface area contributed by atoms with E-state index in [1.54, 1.807) is 0 Å².